The van der Waals surface area contributed by atoms with Gasteiger partial charge >= 0.3 is 178 Å². The molecule has 1 aliphatic carbocycles. The molecule has 0 saturated heterocycles. The molecule has 3 heteroatoms. The van der Waals surface area contributed by atoms with Crippen LogP contribution in [0.2, 0.25) is 37.4 Å². The van der Waals surface area contributed by atoms with Crippen LogP contribution in [0.3, 0.4) is 0 Å². The van der Waals surface area contributed by atoms with Crippen LogP contribution >= 0.6 is 0 Å². The molecule has 1 aliphatic rings. The van der Waals surface area contributed by atoms with Crippen LogP contribution < -0.4 is 0 Å². The molecule has 1 nitrogen and oxygen atoms in total. The molecule has 0 radical (unpaired) electrons. The van der Waals surface area contributed by atoms with Gasteiger partial charge in [-0.2, -0.15) is 0 Å². The molecule has 1 rings (SSSR count). The number of rotatable bonds is 14. The zero-order chi connectivity index (χ0) is 20.2. The minimum atomic E-state index is -2.00. The van der Waals surface area contributed by atoms with Crippen LogP contribution in [-0.4, -0.2) is 32.8 Å². The summed E-state index contributed by atoms with van der Waals surface area (Å²) in [6, 6.07) is 0. The van der Waals surface area contributed by atoms with Gasteiger partial charge in [0.05, 0.1) is 0 Å². The van der Waals surface area contributed by atoms with Crippen molar-refractivity contribution >= 4 is 26.7 Å². The average molecular weight is 501 g/mol. The number of allylic oxidation sites excluding steroid dienone is 1. The second-order valence-corrected chi connectivity index (χ2v) is 28.6. The molecule has 27 heavy (non-hydrogen) atoms. The molecule has 0 aliphatic heterocycles. The molecule has 0 heterocycles. The summed E-state index contributed by atoms with van der Waals surface area (Å²) in [5.41, 5.74) is 0. The molecule has 0 bridgehead atoms. The first-order valence-electron chi connectivity index (χ1n) is 12.2. The molecule has 0 N–H and O–H groups in total. The molecule has 2 unspecified atom stereocenters. The van der Waals surface area contributed by atoms with Crippen LogP contribution in [0.1, 0.15) is 85.0 Å². The van der Waals surface area contributed by atoms with Crippen LogP contribution in [0, 0.1) is 5.92 Å². The predicted molar refractivity (Wildman–Crippen MR) is 129 cm³/mol. The van der Waals surface area contributed by atoms with Crippen molar-refractivity contribution in [3.05, 3.63) is 12.2 Å². The topological polar surface area (TPSA) is 9.23 Å². The predicted octanol–water partition coefficient (Wildman–Crippen LogP) is 8.80. The van der Waals surface area contributed by atoms with Crippen molar-refractivity contribution in [3.8, 4) is 0 Å². The Morgan fingerprint density at radius 1 is 0.852 bits per heavy atom. The van der Waals surface area contributed by atoms with Crippen LogP contribution in [0.4, 0.5) is 0 Å². The van der Waals surface area contributed by atoms with E-state index in [0.717, 1.165) is 0 Å². The Labute approximate surface area is 177 Å². The summed E-state index contributed by atoms with van der Waals surface area (Å²) in [6.07, 6.45) is 19.8. The SMILES string of the molecule is CCC[CH2][Sn]([CH2]C=CC1CCCCC1O[Si](C)(C)C)([CH2]CCC)[CH2]CCC. The van der Waals surface area contributed by atoms with E-state index in [-0.39, 0.29) is 0 Å². The molecule has 160 valence electrons. The molecule has 0 spiro atoms. The molecule has 0 aromatic carbocycles. The molecule has 0 aromatic heterocycles. The van der Waals surface area contributed by atoms with E-state index in [1.165, 1.54) is 68.6 Å². The Kier molecular flexibility index (Phi) is 13.2. The van der Waals surface area contributed by atoms with E-state index in [4.69, 9.17) is 4.43 Å². The van der Waals surface area contributed by atoms with Crippen molar-refractivity contribution in [2.75, 3.05) is 0 Å². The Hall–Kier alpha value is 0.716. The maximum absolute atomic E-state index is 6.57. The fourth-order valence-electron chi connectivity index (χ4n) is 4.78. The van der Waals surface area contributed by atoms with Gasteiger partial charge in [-0.05, 0) is 0 Å². The van der Waals surface area contributed by atoms with Crippen molar-refractivity contribution in [1.82, 2.24) is 0 Å². The third-order valence-electron chi connectivity index (χ3n) is 6.37. The minimum absolute atomic E-state index is 0.508. The summed E-state index contributed by atoms with van der Waals surface area (Å²) < 4.78 is 13.0. The first-order valence-corrected chi connectivity index (χ1v) is 23.7. The molecule has 1 saturated carbocycles. The van der Waals surface area contributed by atoms with E-state index in [2.05, 4.69) is 52.6 Å². The second kappa shape index (κ2) is 13.8. The van der Waals surface area contributed by atoms with Gasteiger partial charge < -0.3 is 0 Å². The van der Waals surface area contributed by atoms with Gasteiger partial charge in [0, 0.05) is 0 Å². The van der Waals surface area contributed by atoms with Gasteiger partial charge in [-0.3, -0.25) is 0 Å². The van der Waals surface area contributed by atoms with Crippen molar-refractivity contribution < 1.29 is 4.43 Å². The van der Waals surface area contributed by atoms with E-state index < -0.39 is 26.7 Å². The number of hydrogen-bond acceptors (Lipinski definition) is 1. The van der Waals surface area contributed by atoms with Gasteiger partial charge in [0.15, 0.2) is 0 Å². The Morgan fingerprint density at radius 3 is 1.85 bits per heavy atom. The first kappa shape index (κ1) is 25.8. The van der Waals surface area contributed by atoms with Gasteiger partial charge in [0.2, 0.25) is 0 Å². The van der Waals surface area contributed by atoms with Gasteiger partial charge in [0.25, 0.3) is 0 Å². The standard InChI is InChI=1S/C12H23OSi.3C4H9.Sn/c1-5-8-11-9-6-7-10-12(11)13-14(2,3)4;3*1-3-4-2;/h5,8,11-12H,1,6-7,9-10H2,2-4H3;3*1,3-4H2,2H3;. The van der Waals surface area contributed by atoms with E-state index in [0.29, 0.717) is 12.0 Å². The van der Waals surface area contributed by atoms with Crippen molar-refractivity contribution in [2.45, 2.75) is 128 Å². The van der Waals surface area contributed by atoms with Crippen LogP contribution in [0.5, 0.6) is 0 Å². The van der Waals surface area contributed by atoms with Gasteiger partial charge in [-0.1, -0.05) is 0 Å². The maximum atomic E-state index is 6.57. The molecular weight excluding hydrogens is 451 g/mol. The molecule has 1 fully saturated rings. The van der Waals surface area contributed by atoms with Crippen LogP contribution in [-0.2, 0) is 4.43 Å². The van der Waals surface area contributed by atoms with Crippen molar-refractivity contribution in [3.63, 3.8) is 0 Å². The molecule has 2 atom stereocenters. The van der Waals surface area contributed by atoms with Gasteiger partial charge in [-0.15, -0.1) is 0 Å². The van der Waals surface area contributed by atoms with E-state index in [1.807, 2.05) is 0 Å². The summed E-state index contributed by atoms with van der Waals surface area (Å²) in [4.78, 5) is 0. The molecule has 0 amide bonds. The summed E-state index contributed by atoms with van der Waals surface area (Å²) >= 11 is -2.00. The molecular formula is C24H50OSiSn. The van der Waals surface area contributed by atoms with Crippen LogP contribution in [0.15, 0.2) is 12.2 Å². The van der Waals surface area contributed by atoms with Crippen molar-refractivity contribution in [2.24, 2.45) is 5.92 Å². The fourth-order valence-corrected chi connectivity index (χ4v) is 21.1. The second-order valence-electron chi connectivity index (χ2n) is 10.2. The van der Waals surface area contributed by atoms with E-state index in [9.17, 15) is 0 Å². The Balaban J connectivity index is 2.78. The number of hydrogen-bond donors (Lipinski definition) is 0. The van der Waals surface area contributed by atoms with Gasteiger partial charge in [0.1, 0.15) is 0 Å². The Bertz CT molecular complexity index is 380. The fraction of sp³-hybridized carbons (Fsp3) is 0.917. The third kappa shape index (κ3) is 10.9. The Morgan fingerprint density at radius 2 is 1.37 bits per heavy atom. The van der Waals surface area contributed by atoms with E-state index >= 15 is 0 Å². The first-order chi connectivity index (χ1) is 12.9. The third-order valence-corrected chi connectivity index (χ3v) is 22.6. The monoisotopic (exact) mass is 502 g/mol. The van der Waals surface area contributed by atoms with E-state index in [1.54, 1.807) is 13.3 Å². The quantitative estimate of drug-likeness (QED) is 0.171. The molecule has 0 aromatic rings. The summed E-state index contributed by atoms with van der Waals surface area (Å²) in [5.74, 6) is 0.693. The normalized spacial score (nSPS) is 21.9. The summed E-state index contributed by atoms with van der Waals surface area (Å²) in [5, 5.41) is 0. The number of unbranched alkanes of at least 4 members (excludes halogenated alkanes) is 3. The van der Waals surface area contributed by atoms with Crippen LogP contribution in [0.25, 0.3) is 0 Å². The summed E-state index contributed by atoms with van der Waals surface area (Å²) in [6.45, 7) is 14.2. The average Bonchev–Trinajstić information content (AvgIpc) is 2.63. The summed E-state index contributed by atoms with van der Waals surface area (Å²) in [7, 11) is -1.44. The van der Waals surface area contributed by atoms with Gasteiger partial charge in [-0.25, -0.2) is 0 Å². The zero-order valence-corrected chi connectivity index (χ0v) is 23.5. The van der Waals surface area contributed by atoms with Crippen molar-refractivity contribution in [1.29, 1.82) is 0 Å². The zero-order valence-electron chi connectivity index (χ0n) is 19.6.